The van der Waals surface area contributed by atoms with Gasteiger partial charge in [0.15, 0.2) is 6.61 Å². The van der Waals surface area contributed by atoms with Crippen LogP contribution in [0.15, 0.2) is 48.5 Å². The van der Waals surface area contributed by atoms with Crippen LogP contribution in [0.3, 0.4) is 0 Å². The van der Waals surface area contributed by atoms with Gasteiger partial charge in [-0.05, 0) is 43.9 Å². The minimum absolute atomic E-state index is 0.134. The van der Waals surface area contributed by atoms with E-state index in [1.165, 1.54) is 12.1 Å². The van der Waals surface area contributed by atoms with Crippen LogP contribution >= 0.6 is 11.6 Å². The molecule has 0 heterocycles. The molecule has 2 rings (SSSR count). The van der Waals surface area contributed by atoms with Gasteiger partial charge in [0, 0.05) is 30.7 Å². The van der Waals surface area contributed by atoms with Crippen molar-refractivity contribution in [3.05, 3.63) is 64.9 Å². The van der Waals surface area contributed by atoms with E-state index in [1.807, 2.05) is 31.1 Å². The predicted octanol–water partition coefficient (Wildman–Crippen LogP) is 3.45. The second-order valence-corrected chi connectivity index (χ2v) is 6.43. The van der Waals surface area contributed by atoms with Crippen LogP contribution in [0.1, 0.15) is 5.56 Å². The maximum Gasteiger partial charge on any atom is 0.260 e. The zero-order valence-electron chi connectivity index (χ0n) is 14.4. The van der Waals surface area contributed by atoms with E-state index in [-0.39, 0.29) is 12.5 Å². The van der Waals surface area contributed by atoms with E-state index in [0.29, 0.717) is 23.9 Å². The average Bonchev–Trinajstić information content (AvgIpc) is 2.58. The summed E-state index contributed by atoms with van der Waals surface area (Å²) in [6.45, 7) is 1.64. The van der Waals surface area contributed by atoms with Crippen molar-refractivity contribution in [3.63, 3.8) is 0 Å². The number of benzene rings is 2. The first kappa shape index (κ1) is 19.2. The van der Waals surface area contributed by atoms with Gasteiger partial charge >= 0.3 is 0 Å². The normalized spacial score (nSPS) is 10.8. The number of amides is 1. The lowest BCUT2D eigenvalue weighted by Gasteiger charge is -2.24. The standard InChI is InChI=1S/C19H22ClFN2O2/c1-22(2)10-11-23(13-15-6-8-16(20)9-7-15)19(24)14-25-18-5-3-4-17(21)12-18/h3-9,12H,10-11,13-14H2,1-2H3. The van der Waals surface area contributed by atoms with Crippen molar-refractivity contribution < 1.29 is 13.9 Å². The number of rotatable bonds is 8. The molecular weight excluding hydrogens is 343 g/mol. The lowest BCUT2D eigenvalue weighted by molar-refractivity contribution is -0.134. The third-order valence-corrected chi connectivity index (χ3v) is 3.87. The highest BCUT2D eigenvalue weighted by Gasteiger charge is 2.15. The molecule has 4 nitrogen and oxygen atoms in total. The maximum atomic E-state index is 13.2. The largest absolute Gasteiger partial charge is 0.484 e. The molecule has 6 heteroatoms. The molecule has 2 aromatic rings. The third kappa shape index (κ3) is 6.72. The number of ether oxygens (including phenoxy) is 1. The summed E-state index contributed by atoms with van der Waals surface area (Å²) < 4.78 is 18.6. The molecular formula is C19H22ClFN2O2. The number of carbonyl (C=O) groups excluding carboxylic acids is 1. The SMILES string of the molecule is CN(C)CCN(Cc1ccc(Cl)cc1)C(=O)COc1cccc(F)c1. The Morgan fingerprint density at radius 2 is 1.84 bits per heavy atom. The van der Waals surface area contributed by atoms with E-state index in [1.54, 1.807) is 29.2 Å². The van der Waals surface area contributed by atoms with Crippen LogP contribution in [0.2, 0.25) is 5.02 Å². The second kappa shape index (κ2) is 9.39. The van der Waals surface area contributed by atoms with Gasteiger partial charge in [-0.2, -0.15) is 0 Å². The third-order valence-electron chi connectivity index (χ3n) is 3.61. The highest BCUT2D eigenvalue weighted by molar-refractivity contribution is 6.30. The molecule has 134 valence electrons. The lowest BCUT2D eigenvalue weighted by Crippen LogP contribution is -2.38. The van der Waals surface area contributed by atoms with E-state index in [0.717, 1.165) is 12.1 Å². The number of carbonyl (C=O) groups is 1. The zero-order chi connectivity index (χ0) is 18.2. The fourth-order valence-electron chi connectivity index (χ4n) is 2.22. The van der Waals surface area contributed by atoms with Crippen LogP contribution in [0.25, 0.3) is 0 Å². The molecule has 0 aromatic heterocycles. The van der Waals surface area contributed by atoms with Crippen LogP contribution in [0.5, 0.6) is 5.75 Å². The van der Waals surface area contributed by atoms with E-state index in [2.05, 4.69) is 0 Å². The summed E-state index contributed by atoms with van der Waals surface area (Å²) in [6.07, 6.45) is 0. The Morgan fingerprint density at radius 1 is 1.12 bits per heavy atom. The minimum Gasteiger partial charge on any atom is -0.484 e. The topological polar surface area (TPSA) is 32.8 Å². The van der Waals surface area contributed by atoms with E-state index >= 15 is 0 Å². The van der Waals surface area contributed by atoms with Crippen molar-refractivity contribution in [1.82, 2.24) is 9.80 Å². The molecule has 0 spiro atoms. The summed E-state index contributed by atoms with van der Waals surface area (Å²) in [6, 6.07) is 13.2. The molecule has 25 heavy (non-hydrogen) atoms. The van der Waals surface area contributed by atoms with E-state index in [9.17, 15) is 9.18 Å². The zero-order valence-corrected chi connectivity index (χ0v) is 15.2. The van der Waals surface area contributed by atoms with Crippen molar-refractivity contribution >= 4 is 17.5 Å². The Kier molecular flexibility index (Phi) is 7.22. The molecule has 0 saturated heterocycles. The van der Waals surface area contributed by atoms with Crippen LogP contribution in [0, 0.1) is 5.82 Å². The molecule has 0 N–H and O–H groups in total. The number of likely N-dealkylation sites (N-methyl/N-ethyl adjacent to an activating group) is 1. The Balaban J connectivity index is 1.99. The number of hydrogen-bond donors (Lipinski definition) is 0. The molecule has 2 aromatic carbocycles. The van der Waals surface area contributed by atoms with E-state index < -0.39 is 5.82 Å². The first-order valence-corrected chi connectivity index (χ1v) is 8.37. The average molecular weight is 365 g/mol. The van der Waals surface area contributed by atoms with E-state index in [4.69, 9.17) is 16.3 Å². The molecule has 0 aliphatic rings. The number of hydrogen-bond acceptors (Lipinski definition) is 3. The van der Waals surface area contributed by atoms with Crippen molar-refractivity contribution in [3.8, 4) is 5.75 Å². The molecule has 0 aliphatic carbocycles. The van der Waals surface area contributed by atoms with Gasteiger partial charge in [0.1, 0.15) is 11.6 Å². The van der Waals surface area contributed by atoms with Gasteiger partial charge in [0.05, 0.1) is 0 Å². The monoisotopic (exact) mass is 364 g/mol. The molecule has 0 aliphatic heterocycles. The fraction of sp³-hybridized carbons (Fsp3) is 0.316. The highest BCUT2D eigenvalue weighted by Crippen LogP contribution is 2.14. The molecule has 0 fully saturated rings. The summed E-state index contributed by atoms with van der Waals surface area (Å²) in [5.41, 5.74) is 0.988. The first-order valence-electron chi connectivity index (χ1n) is 7.99. The Labute approximate surface area is 152 Å². The van der Waals surface area contributed by atoms with Gasteiger partial charge < -0.3 is 14.5 Å². The summed E-state index contributed by atoms with van der Waals surface area (Å²) in [5.74, 6) is -0.205. The van der Waals surface area contributed by atoms with Crippen LogP contribution in [-0.2, 0) is 11.3 Å². The second-order valence-electron chi connectivity index (χ2n) is 5.99. The minimum atomic E-state index is -0.393. The molecule has 0 radical (unpaired) electrons. The number of halogens is 2. The molecule has 0 bridgehead atoms. The van der Waals surface area contributed by atoms with Gasteiger partial charge in [-0.3, -0.25) is 4.79 Å². The van der Waals surface area contributed by atoms with Crippen molar-refractivity contribution in [1.29, 1.82) is 0 Å². The van der Waals surface area contributed by atoms with Crippen molar-refractivity contribution in [2.75, 3.05) is 33.8 Å². The molecule has 0 saturated carbocycles. The quantitative estimate of drug-likeness (QED) is 0.719. The van der Waals surface area contributed by atoms with Gasteiger partial charge in [0.2, 0.25) is 0 Å². The summed E-state index contributed by atoms with van der Waals surface area (Å²) in [4.78, 5) is 16.3. The van der Waals surface area contributed by atoms with Gasteiger partial charge in [0.25, 0.3) is 5.91 Å². The van der Waals surface area contributed by atoms with Gasteiger partial charge in [-0.25, -0.2) is 4.39 Å². The number of nitrogens with zero attached hydrogens (tertiary/aromatic N) is 2. The highest BCUT2D eigenvalue weighted by atomic mass is 35.5. The Morgan fingerprint density at radius 3 is 2.48 bits per heavy atom. The predicted molar refractivity (Wildman–Crippen MR) is 97.3 cm³/mol. The Bertz CT molecular complexity index is 692. The summed E-state index contributed by atoms with van der Waals surface area (Å²) >= 11 is 5.91. The summed E-state index contributed by atoms with van der Waals surface area (Å²) in [7, 11) is 3.91. The van der Waals surface area contributed by atoms with Crippen molar-refractivity contribution in [2.45, 2.75) is 6.54 Å². The van der Waals surface area contributed by atoms with Crippen LogP contribution < -0.4 is 4.74 Å². The molecule has 0 atom stereocenters. The van der Waals surface area contributed by atoms with Gasteiger partial charge in [-0.1, -0.05) is 29.8 Å². The first-order chi connectivity index (χ1) is 11.9. The van der Waals surface area contributed by atoms with Crippen molar-refractivity contribution in [2.24, 2.45) is 0 Å². The maximum absolute atomic E-state index is 13.2. The lowest BCUT2D eigenvalue weighted by atomic mass is 10.2. The molecule has 1 amide bonds. The molecule has 0 unspecified atom stereocenters. The van der Waals surface area contributed by atoms with Gasteiger partial charge in [-0.15, -0.1) is 0 Å². The van der Waals surface area contributed by atoms with Crippen LogP contribution in [0.4, 0.5) is 4.39 Å². The fourth-order valence-corrected chi connectivity index (χ4v) is 2.34. The smallest absolute Gasteiger partial charge is 0.260 e. The Hall–Kier alpha value is -2.11. The summed E-state index contributed by atoms with van der Waals surface area (Å²) in [5, 5.41) is 0.657. The van der Waals surface area contributed by atoms with Crippen LogP contribution in [-0.4, -0.2) is 49.5 Å².